The van der Waals surface area contributed by atoms with Crippen molar-refractivity contribution in [2.24, 2.45) is 0 Å². The van der Waals surface area contributed by atoms with Gasteiger partial charge < -0.3 is 14.6 Å². The zero-order valence-corrected chi connectivity index (χ0v) is 25.7. The number of aliphatic hydroxyl groups is 1. The Morgan fingerprint density at radius 1 is 0.561 bits per heavy atom. The summed E-state index contributed by atoms with van der Waals surface area (Å²) in [5.41, 5.74) is 0. The quantitative estimate of drug-likeness (QED) is 0.0645. The smallest absolute Gasteiger partial charge is 0.306 e. The maximum atomic E-state index is 12.0. The van der Waals surface area contributed by atoms with Crippen molar-refractivity contribution in [3.05, 3.63) is 109 Å². The third-order valence-electron chi connectivity index (χ3n) is 5.63. The predicted molar refractivity (Wildman–Crippen MR) is 177 cm³/mol. The highest BCUT2D eigenvalue weighted by molar-refractivity contribution is 5.69. The molecule has 41 heavy (non-hydrogen) atoms. The van der Waals surface area contributed by atoms with E-state index < -0.39 is 6.10 Å². The molecule has 1 N–H and O–H groups in total. The van der Waals surface area contributed by atoms with Gasteiger partial charge in [-0.3, -0.25) is 4.79 Å². The minimum Gasteiger partial charge on any atom is -0.457 e. The number of aliphatic hydroxyl groups excluding tert-OH is 1. The van der Waals surface area contributed by atoms with E-state index in [1.807, 2.05) is 6.08 Å². The second kappa shape index (κ2) is 33.3. The van der Waals surface area contributed by atoms with Gasteiger partial charge in [-0.1, -0.05) is 123 Å². The van der Waals surface area contributed by atoms with Gasteiger partial charge in [0.2, 0.25) is 0 Å². The number of ether oxygens (including phenoxy) is 2. The van der Waals surface area contributed by atoms with Gasteiger partial charge in [0.25, 0.3) is 0 Å². The summed E-state index contributed by atoms with van der Waals surface area (Å²) in [6, 6.07) is 0. The molecule has 1 unspecified atom stereocenters. The fourth-order valence-corrected chi connectivity index (χ4v) is 3.40. The van der Waals surface area contributed by atoms with Gasteiger partial charge in [0.1, 0.15) is 6.10 Å². The van der Waals surface area contributed by atoms with E-state index in [1.165, 1.54) is 0 Å². The molecule has 0 rings (SSSR count). The van der Waals surface area contributed by atoms with Crippen LogP contribution in [0.3, 0.4) is 0 Å². The minimum absolute atomic E-state index is 0.205. The zero-order valence-electron chi connectivity index (χ0n) is 25.7. The molecule has 0 aliphatic carbocycles. The first-order valence-electron chi connectivity index (χ1n) is 15.5. The fraction of sp³-hybridized carbons (Fsp3) is 0.486. The molecule has 1 atom stereocenters. The van der Waals surface area contributed by atoms with E-state index in [4.69, 9.17) is 9.47 Å². The molecule has 0 saturated carbocycles. The lowest BCUT2D eigenvalue weighted by Crippen LogP contribution is -2.27. The number of hydrogen-bond donors (Lipinski definition) is 1. The Hall–Kier alpha value is -2.95. The molecule has 0 aromatic heterocycles. The minimum atomic E-state index is -0.617. The molecule has 0 aliphatic heterocycles. The molecule has 0 aromatic carbocycles. The van der Waals surface area contributed by atoms with Gasteiger partial charge in [-0.25, -0.2) is 0 Å². The van der Waals surface area contributed by atoms with Gasteiger partial charge in [0.05, 0.1) is 19.8 Å². The van der Waals surface area contributed by atoms with Gasteiger partial charge in [-0.05, 0) is 70.6 Å². The second-order valence-corrected chi connectivity index (χ2v) is 9.41. The third kappa shape index (κ3) is 31.4. The van der Waals surface area contributed by atoms with Gasteiger partial charge in [-0.15, -0.1) is 0 Å². The fourth-order valence-electron chi connectivity index (χ4n) is 3.40. The van der Waals surface area contributed by atoms with E-state index in [2.05, 4.69) is 117 Å². The highest BCUT2D eigenvalue weighted by Crippen LogP contribution is 2.02. The van der Waals surface area contributed by atoms with Gasteiger partial charge in [0, 0.05) is 6.42 Å². The Balaban J connectivity index is 3.77. The Morgan fingerprint density at radius 3 is 1.32 bits per heavy atom. The molecule has 0 spiro atoms. The van der Waals surface area contributed by atoms with E-state index >= 15 is 0 Å². The summed E-state index contributed by atoms with van der Waals surface area (Å²) < 4.78 is 10.9. The standard InChI is InChI=1S/C37H56O4/c1-3-5-7-9-11-13-15-17-18-19-21-23-25-27-29-31-33-40-35-36(34-38)41-37(39)32-30-28-26-24-22-20-16-14-12-10-8-6-4-2/h5-8,11-14,17-18,20-23,26-29,36,38H,3-4,9-10,15-16,19,24-25,30-35H2,1-2H3/b7-5-,8-6-,13-11-,14-12-,18-17-,22-20-,23-21-,28-26-,29-27-. The Kier molecular flexibility index (Phi) is 30.9. The summed E-state index contributed by atoms with van der Waals surface area (Å²) >= 11 is 0. The number of esters is 1. The van der Waals surface area contributed by atoms with E-state index in [0.717, 1.165) is 64.2 Å². The molecule has 0 saturated heterocycles. The molecule has 4 heteroatoms. The van der Waals surface area contributed by atoms with Crippen LogP contribution >= 0.6 is 0 Å². The summed E-state index contributed by atoms with van der Waals surface area (Å²) in [7, 11) is 0. The van der Waals surface area contributed by atoms with Crippen molar-refractivity contribution >= 4 is 5.97 Å². The van der Waals surface area contributed by atoms with E-state index in [0.29, 0.717) is 19.4 Å². The number of carbonyl (C=O) groups is 1. The lowest BCUT2D eigenvalue weighted by molar-refractivity contribution is -0.154. The van der Waals surface area contributed by atoms with E-state index in [9.17, 15) is 9.90 Å². The highest BCUT2D eigenvalue weighted by Gasteiger charge is 2.13. The maximum Gasteiger partial charge on any atom is 0.306 e. The Labute approximate surface area is 251 Å². The molecular formula is C37H56O4. The van der Waals surface area contributed by atoms with Crippen LogP contribution < -0.4 is 0 Å². The summed E-state index contributed by atoms with van der Waals surface area (Å²) in [6.07, 6.45) is 48.6. The topological polar surface area (TPSA) is 55.8 Å². The third-order valence-corrected chi connectivity index (χ3v) is 5.63. The first-order valence-corrected chi connectivity index (χ1v) is 15.5. The Morgan fingerprint density at radius 2 is 0.927 bits per heavy atom. The molecule has 228 valence electrons. The molecule has 0 amide bonds. The van der Waals surface area contributed by atoms with Crippen LogP contribution in [-0.4, -0.2) is 37.0 Å². The predicted octanol–water partition coefficient (Wildman–Crippen LogP) is 9.63. The summed E-state index contributed by atoms with van der Waals surface area (Å²) in [4.78, 5) is 12.0. The Bertz CT molecular complexity index is 852. The average Bonchev–Trinajstić information content (AvgIpc) is 2.98. The first-order chi connectivity index (χ1) is 20.2. The van der Waals surface area contributed by atoms with Crippen LogP contribution in [0.2, 0.25) is 0 Å². The van der Waals surface area contributed by atoms with Crippen LogP contribution in [0.25, 0.3) is 0 Å². The molecule has 0 aromatic rings. The van der Waals surface area contributed by atoms with Crippen molar-refractivity contribution < 1.29 is 19.4 Å². The maximum absolute atomic E-state index is 12.0. The van der Waals surface area contributed by atoms with Crippen LogP contribution in [0.4, 0.5) is 0 Å². The number of allylic oxidation sites excluding steroid dienone is 17. The van der Waals surface area contributed by atoms with Crippen molar-refractivity contribution in [3.63, 3.8) is 0 Å². The highest BCUT2D eigenvalue weighted by atomic mass is 16.6. The van der Waals surface area contributed by atoms with Crippen LogP contribution in [0.5, 0.6) is 0 Å². The molecule has 0 bridgehead atoms. The lowest BCUT2D eigenvalue weighted by atomic mass is 10.2. The largest absolute Gasteiger partial charge is 0.457 e. The van der Waals surface area contributed by atoms with Gasteiger partial charge >= 0.3 is 5.97 Å². The number of rotatable bonds is 26. The lowest BCUT2D eigenvalue weighted by Gasteiger charge is -2.15. The molecule has 0 fully saturated rings. The second-order valence-electron chi connectivity index (χ2n) is 9.41. The van der Waals surface area contributed by atoms with Crippen molar-refractivity contribution in [3.8, 4) is 0 Å². The normalized spacial score (nSPS) is 13.9. The zero-order chi connectivity index (χ0) is 29.9. The van der Waals surface area contributed by atoms with Crippen molar-refractivity contribution in [1.82, 2.24) is 0 Å². The van der Waals surface area contributed by atoms with E-state index in [1.54, 1.807) is 0 Å². The van der Waals surface area contributed by atoms with Crippen LogP contribution in [0.15, 0.2) is 109 Å². The molecule has 4 nitrogen and oxygen atoms in total. The van der Waals surface area contributed by atoms with Crippen LogP contribution in [0.1, 0.15) is 90.9 Å². The van der Waals surface area contributed by atoms with Crippen molar-refractivity contribution in [2.75, 3.05) is 19.8 Å². The number of carbonyl (C=O) groups excluding carboxylic acids is 1. The number of hydrogen-bond acceptors (Lipinski definition) is 4. The average molecular weight is 565 g/mol. The summed E-state index contributed by atoms with van der Waals surface area (Å²) in [5.74, 6) is -0.312. The van der Waals surface area contributed by atoms with Gasteiger partial charge in [-0.2, -0.15) is 0 Å². The van der Waals surface area contributed by atoms with Gasteiger partial charge in [0.15, 0.2) is 0 Å². The van der Waals surface area contributed by atoms with Crippen LogP contribution in [-0.2, 0) is 14.3 Å². The first kappa shape index (κ1) is 38.0. The SMILES string of the molecule is CC/C=C\C/C=C\C/C=C\C/C=C\C/C=C\CCOCC(CO)OC(=O)CC/C=C\C/C=C\C/C=C\C/C=C\CC. The van der Waals surface area contributed by atoms with E-state index in [-0.39, 0.29) is 19.2 Å². The summed E-state index contributed by atoms with van der Waals surface area (Å²) in [6.45, 7) is 4.78. The summed E-state index contributed by atoms with van der Waals surface area (Å²) in [5, 5.41) is 9.48. The molecule has 0 heterocycles. The van der Waals surface area contributed by atoms with Crippen LogP contribution in [0, 0.1) is 0 Å². The van der Waals surface area contributed by atoms with Crippen molar-refractivity contribution in [2.45, 2.75) is 97.0 Å². The van der Waals surface area contributed by atoms with Crippen molar-refractivity contribution in [1.29, 1.82) is 0 Å². The molecule has 0 radical (unpaired) electrons. The molecular weight excluding hydrogens is 508 g/mol. The monoisotopic (exact) mass is 564 g/mol. The molecule has 0 aliphatic rings.